The number of oxime groups is 3. The molecule has 0 spiro atoms. The topological polar surface area (TPSA) is 101 Å². The molecule has 0 aliphatic carbocycles. The fourth-order valence-corrected chi connectivity index (χ4v) is 3.43. The molecular weight excluding hydrogens is 404 g/mol. The lowest BCUT2D eigenvalue weighted by Gasteiger charge is -2.23. The first-order valence-electron chi connectivity index (χ1n) is 10.2. The van der Waals surface area contributed by atoms with Gasteiger partial charge in [0.2, 0.25) is 0 Å². The van der Waals surface area contributed by atoms with E-state index in [9.17, 15) is 15.6 Å². The smallest absolute Gasteiger partial charge is 0.101 e. The summed E-state index contributed by atoms with van der Waals surface area (Å²) >= 11 is 0. The van der Waals surface area contributed by atoms with Gasteiger partial charge in [0.1, 0.15) is 11.4 Å². The molecule has 3 rings (SSSR count). The first kappa shape index (κ1) is 22.7. The van der Waals surface area contributed by atoms with Crippen LogP contribution < -0.4 is 0 Å². The van der Waals surface area contributed by atoms with Crippen LogP contribution >= 0.6 is 0 Å². The third kappa shape index (κ3) is 6.52. The molecule has 0 bridgehead atoms. The molecule has 3 N–H and O–H groups in total. The minimum atomic E-state index is 0.250. The molecule has 0 unspecified atom stereocenters. The normalized spacial score (nSPS) is 12.8. The van der Waals surface area contributed by atoms with Crippen molar-refractivity contribution in [3.8, 4) is 0 Å². The van der Waals surface area contributed by atoms with Gasteiger partial charge in [-0.2, -0.15) is 0 Å². The third-order valence-electron chi connectivity index (χ3n) is 5.00. The van der Waals surface area contributed by atoms with E-state index in [0.29, 0.717) is 23.6 Å². The summed E-state index contributed by atoms with van der Waals surface area (Å²) in [6.07, 6.45) is 0.460. The molecule has 32 heavy (non-hydrogen) atoms. The molecule has 7 nitrogen and oxygen atoms in total. The molecule has 7 heteroatoms. The molecule has 0 amide bonds. The summed E-state index contributed by atoms with van der Waals surface area (Å²) in [5, 5.41) is 39.5. The molecule has 0 fully saturated rings. The maximum absolute atomic E-state index is 9.67. The Morgan fingerprint density at radius 2 is 1.00 bits per heavy atom. The van der Waals surface area contributed by atoms with Crippen molar-refractivity contribution < 1.29 is 15.6 Å². The first-order valence-corrected chi connectivity index (χ1v) is 10.2. The molecule has 0 saturated heterocycles. The zero-order chi connectivity index (χ0) is 22.6. The molecule has 0 heterocycles. The summed E-state index contributed by atoms with van der Waals surface area (Å²) < 4.78 is 0. The quantitative estimate of drug-likeness (QED) is 0.256. The standard InChI is InChI=1S/C25H26N4O3/c30-26-23(16-20-10-4-1-5-11-20)17-29(18-24(27-31)21-12-6-2-7-13-21)19-25(28-32)22-14-8-3-9-15-22/h1-15,30-32H,16-19H2/b26-23+,27-24+,28-25+. The lowest BCUT2D eigenvalue weighted by atomic mass is 10.1. The average molecular weight is 431 g/mol. The summed E-state index contributed by atoms with van der Waals surface area (Å²) in [5.41, 5.74) is 3.99. The number of benzene rings is 3. The zero-order valence-electron chi connectivity index (χ0n) is 17.6. The molecule has 3 aromatic carbocycles. The summed E-state index contributed by atoms with van der Waals surface area (Å²) in [4.78, 5) is 1.90. The molecule has 0 aliphatic rings. The lowest BCUT2D eigenvalue weighted by molar-refractivity contribution is 0.301. The van der Waals surface area contributed by atoms with E-state index in [4.69, 9.17) is 0 Å². The summed E-state index contributed by atoms with van der Waals surface area (Å²) in [6, 6.07) is 28.4. The maximum atomic E-state index is 9.67. The lowest BCUT2D eigenvalue weighted by Crippen LogP contribution is -2.39. The van der Waals surface area contributed by atoms with E-state index in [2.05, 4.69) is 15.5 Å². The van der Waals surface area contributed by atoms with Gasteiger partial charge >= 0.3 is 0 Å². The number of rotatable bonds is 10. The molecular formula is C25H26N4O3. The molecule has 0 radical (unpaired) electrons. The molecule has 0 atom stereocenters. The highest BCUT2D eigenvalue weighted by Crippen LogP contribution is 2.09. The van der Waals surface area contributed by atoms with Crippen LogP contribution in [0.1, 0.15) is 16.7 Å². The Balaban J connectivity index is 1.84. The van der Waals surface area contributed by atoms with Gasteiger partial charge in [0.25, 0.3) is 0 Å². The predicted octanol–water partition coefficient (Wildman–Crippen LogP) is 4.12. The van der Waals surface area contributed by atoms with Crippen LogP contribution in [0, 0.1) is 0 Å². The van der Waals surface area contributed by atoms with Crippen molar-refractivity contribution in [1.29, 1.82) is 0 Å². The van der Waals surface area contributed by atoms with Crippen LogP contribution in [0.2, 0.25) is 0 Å². The van der Waals surface area contributed by atoms with Crippen molar-refractivity contribution in [2.75, 3.05) is 19.6 Å². The van der Waals surface area contributed by atoms with E-state index < -0.39 is 0 Å². The monoisotopic (exact) mass is 430 g/mol. The van der Waals surface area contributed by atoms with Crippen molar-refractivity contribution in [2.24, 2.45) is 15.5 Å². The minimum Gasteiger partial charge on any atom is -0.411 e. The zero-order valence-corrected chi connectivity index (χ0v) is 17.6. The van der Waals surface area contributed by atoms with E-state index >= 15 is 0 Å². The molecule has 0 aromatic heterocycles. The average Bonchev–Trinajstić information content (AvgIpc) is 2.86. The Kier molecular flexibility index (Phi) is 8.53. The van der Waals surface area contributed by atoms with Gasteiger partial charge < -0.3 is 15.6 Å². The second-order valence-electron chi connectivity index (χ2n) is 7.30. The molecule has 0 aliphatic heterocycles. The Bertz CT molecular complexity index is 995. The Morgan fingerprint density at radius 3 is 1.41 bits per heavy atom. The fraction of sp³-hybridized carbons (Fsp3) is 0.160. The van der Waals surface area contributed by atoms with Crippen LogP contribution in [0.25, 0.3) is 0 Å². The second-order valence-corrected chi connectivity index (χ2v) is 7.30. The highest BCUT2D eigenvalue weighted by Gasteiger charge is 2.18. The molecule has 164 valence electrons. The van der Waals surface area contributed by atoms with Crippen molar-refractivity contribution in [3.05, 3.63) is 108 Å². The van der Waals surface area contributed by atoms with Crippen molar-refractivity contribution >= 4 is 17.1 Å². The van der Waals surface area contributed by atoms with Crippen LogP contribution in [0.5, 0.6) is 0 Å². The van der Waals surface area contributed by atoms with Crippen molar-refractivity contribution in [1.82, 2.24) is 4.90 Å². The van der Waals surface area contributed by atoms with Crippen molar-refractivity contribution in [3.63, 3.8) is 0 Å². The molecule has 0 saturated carbocycles. The summed E-state index contributed by atoms with van der Waals surface area (Å²) in [6.45, 7) is 0.781. The Labute approximate surface area is 187 Å². The Hall–Kier alpha value is -3.97. The second kappa shape index (κ2) is 12.0. The van der Waals surface area contributed by atoms with E-state index in [0.717, 1.165) is 16.7 Å². The van der Waals surface area contributed by atoms with E-state index in [1.807, 2.05) is 95.9 Å². The fourth-order valence-electron chi connectivity index (χ4n) is 3.43. The number of nitrogens with zero attached hydrogens (tertiary/aromatic N) is 4. The van der Waals surface area contributed by atoms with Gasteiger partial charge in [0, 0.05) is 37.2 Å². The van der Waals surface area contributed by atoms with E-state index in [1.165, 1.54) is 0 Å². The minimum absolute atomic E-state index is 0.250. The van der Waals surface area contributed by atoms with E-state index in [1.54, 1.807) is 0 Å². The highest BCUT2D eigenvalue weighted by molar-refractivity contribution is 6.04. The van der Waals surface area contributed by atoms with Gasteiger partial charge in [0.05, 0.1) is 5.71 Å². The van der Waals surface area contributed by atoms with Gasteiger partial charge in [-0.05, 0) is 5.56 Å². The van der Waals surface area contributed by atoms with Crippen LogP contribution in [-0.2, 0) is 6.42 Å². The van der Waals surface area contributed by atoms with Gasteiger partial charge in [-0.1, -0.05) is 106 Å². The molecule has 3 aromatic rings. The highest BCUT2D eigenvalue weighted by atomic mass is 16.4. The Morgan fingerprint density at radius 1 is 0.562 bits per heavy atom. The van der Waals surface area contributed by atoms with Crippen LogP contribution in [0.4, 0.5) is 0 Å². The van der Waals surface area contributed by atoms with Crippen LogP contribution in [0.3, 0.4) is 0 Å². The van der Waals surface area contributed by atoms with Gasteiger partial charge in [-0.25, -0.2) is 0 Å². The van der Waals surface area contributed by atoms with Gasteiger partial charge in [-0.3, -0.25) is 4.90 Å². The van der Waals surface area contributed by atoms with Gasteiger partial charge in [-0.15, -0.1) is 0 Å². The predicted molar refractivity (Wildman–Crippen MR) is 125 cm³/mol. The summed E-state index contributed by atoms with van der Waals surface area (Å²) in [7, 11) is 0. The summed E-state index contributed by atoms with van der Waals surface area (Å²) in [5.74, 6) is 0. The van der Waals surface area contributed by atoms with Gasteiger partial charge in [0.15, 0.2) is 0 Å². The largest absolute Gasteiger partial charge is 0.411 e. The SMILES string of the molecule is O/N=C(\CN(C/C(=N\O)c1ccccc1)C/C(Cc1ccccc1)=N/O)c1ccccc1. The number of hydrogen-bond acceptors (Lipinski definition) is 7. The number of hydrogen-bond donors (Lipinski definition) is 3. The van der Waals surface area contributed by atoms with Crippen LogP contribution in [-0.4, -0.2) is 57.3 Å². The third-order valence-corrected chi connectivity index (χ3v) is 5.00. The maximum Gasteiger partial charge on any atom is 0.101 e. The van der Waals surface area contributed by atoms with Crippen molar-refractivity contribution in [2.45, 2.75) is 6.42 Å². The first-order chi connectivity index (χ1) is 15.7. The van der Waals surface area contributed by atoms with E-state index in [-0.39, 0.29) is 19.6 Å². The van der Waals surface area contributed by atoms with Crippen LogP contribution in [0.15, 0.2) is 106 Å².